The Morgan fingerprint density at radius 2 is 2.15 bits per heavy atom. The third kappa shape index (κ3) is 3.58. The Balaban J connectivity index is 2.01. The molecular weight excluding hydrogens is 261 g/mol. The predicted octanol–water partition coefficient (Wildman–Crippen LogP) is 2.73. The predicted molar refractivity (Wildman–Crippen MR) is 72.6 cm³/mol. The van der Waals surface area contributed by atoms with E-state index in [1.807, 2.05) is 13.0 Å². The Labute approximate surface area is 115 Å². The molecule has 6 heteroatoms. The summed E-state index contributed by atoms with van der Waals surface area (Å²) in [5.41, 5.74) is 2.45. The number of hydrogen-bond acceptors (Lipinski definition) is 4. The third-order valence-electron chi connectivity index (χ3n) is 2.95. The first-order valence-corrected chi connectivity index (χ1v) is 6.10. The lowest BCUT2D eigenvalue weighted by molar-refractivity contribution is -0.385. The first kappa shape index (κ1) is 14.1. The molecule has 2 aromatic rings. The highest BCUT2D eigenvalue weighted by Gasteiger charge is 2.09. The standard InChI is InChI=1S/C14H14FN3O2/c1-10-2-3-16-8-12(10)9-17-7-11-4-13(15)6-14(5-11)18(19)20/h2-6,8,17H,7,9H2,1H3. The van der Waals surface area contributed by atoms with Gasteiger partial charge in [-0.3, -0.25) is 15.1 Å². The van der Waals surface area contributed by atoms with Gasteiger partial charge in [0.1, 0.15) is 5.82 Å². The number of nitrogens with zero attached hydrogens (tertiary/aromatic N) is 2. The van der Waals surface area contributed by atoms with Gasteiger partial charge < -0.3 is 5.32 Å². The second-order valence-electron chi connectivity index (χ2n) is 4.48. The van der Waals surface area contributed by atoms with Crippen molar-refractivity contribution < 1.29 is 9.31 Å². The minimum atomic E-state index is -0.603. The van der Waals surface area contributed by atoms with E-state index in [1.165, 1.54) is 12.1 Å². The van der Waals surface area contributed by atoms with Crippen molar-refractivity contribution >= 4 is 5.69 Å². The molecule has 1 heterocycles. The van der Waals surface area contributed by atoms with Gasteiger partial charge in [0, 0.05) is 31.5 Å². The van der Waals surface area contributed by atoms with Crippen LogP contribution in [0.25, 0.3) is 0 Å². The average Bonchev–Trinajstić information content (AvgIpc) is 2.40. The highest BCUT2D eigenvalue weighted by atomic mass is 19.1. The number of rotatable bonds is 5. The Morgan fingerprint density at radius 1 is 1.35 bits per heavy atom. The van der Waals surface area contributed by atoms with Gasteiger partial charge >= 0.3 is 0 Å². The van der Waals surface area contributed by atoms with Crippen molar-refractivity contribution in [1.82, 2.24) is 10.3 Å². The van der Waals surface area contributed by atoms with Gasteiger partial charge in [-0.25, -0.2) is 4.39 Å². The second-order valence-corrected chi connectivity index (χ2v) is 4.48. The molecular formula is C14H14FN3O2. The van der Waals surface area contributed by atoms with Crippen LogP contribution >= 0.6 is 0 Å². The molecule has 0 fully saturated rings. The van der Waals surface area contributed by atoms with Crippen molar-refractivity contribution in [3.8, 4) is 0 Å². The lowest BCUT2D eigenvalue weighted by Gasteiger charge is -2.07. The fourth-order valence-electron chi connectivity index (χ4n) is 1.86. The largest absolute Gasteiger partial charge is 0.309 e. The van der Waals surface area contributed by atoms with E-state index in [-0.39, 0.29) is 5.69 Å². The third-order valence-corrected chi connectivity index (χ3v) is 2.95. The van der Waals surface area contributed by atoms with Crippen molar-refractivity contribution in [3.05, 3.63) is 69.3 Å². The fraction of sp³-hybridized carbons (Fsp3) is 0.214. The molecule has 1 aromatic heterocycles. The average molecular weight is 275 g/mol. The highest BCUT2D eigenvalue weighted by molar-refractivity contribution is 5.35. The zero-order valence-corrected chi connectivity index (χ0v) is 11.0. The van der Waals surface area contributed by atoms with Crippen molar-refractivity contribution in [2.24, 2.45) is 0 Å². The number of hydrogen-bond donors (Lipinski definition) is 1. The van der Waals surface area contributed by atoms with Crippen LogP contribution in [0.15, 0.2) is 36.7 Å². The lowest BCUT2D eigenvalue weighted by Crippen LogP contribution is -2.14. The molecule has 1 N–H and O–H groups in total. The molecule has 0 aliphatic rings. The molecule has 0 unspecified atom stereocenters. The van der Waals surface area contributed by atoms with Crippen LogP contribution in [-0.4, -0.2) is 9.91 Å². The molecule has 0 aliphatic carbocycles. The van der Waals surface area contributed by atoms with Crippen molar-refractivity contribution in [2.45, 2.75) is 20.0 Å². The molecule has 0 aliphatic heterocycles. The number of halogens is 1. The van der Waals surface area contributed by atoms with Crippen molar-refractivity contribution in [2.75, 3.05) is 0 Å². The van der Waals surface area contributed by atoms with Crippen molar-refractivity contribution in [1.29, 1.82) is 0 Å². The normalized spacial score (nSPS) is 10.5. The van der Waals surface area contributed by atoms with Gasteiger partial charge in [0.25, 0.3) is 5.69 Å². The number of non-ortho nitro benzene ring substituents is 1. The number of benzene rings is 1. The minimum absolute atomic E-state index is 0.237. The zero-order valence-electron chi connectivity index (χ0n) is 11.0. The molecule has 1 aromatic carbocycles. The Bertz CT molecular complexity index is 632. The monoisotopic (exact) mass is 275 g/mol. The molecule has 0 saturated carbocycles. The summed E-state index contributed by atoms with van der Waals surface area (Å²) < 4.78 is 13.3. The number of nitrogens with one attached hydrogen (secondary N) is 1. The fourth-order valence-corrected chi connectivity index (χ4v) is 1.86. The number of aryl methyl sites for hydroxylation is 1. The molecule has 104 valence electrons. The summed E-state index contributed by atoms with van der Waals surface area (Å²) in [5.74, 6) is -0.603. The van der Waals surface area contributed by atoms with E-state index in [2.05, 4.69) is 10.3 Å². The highest BCUT2D eigenvalue weighted by Crippen LogP contribution is 2.16. The number of pyridine rings is 1. The summed E-state index contributed by atoms with van der Waals surface area (Å²) in [6, 6.07) is 5.47. The van der Waals surface area contributed by atoms with Crippen LogP contribution in [0.4, 0.5) is 10.1 Å². The number of nitro groups is 1. The van der Waals surface area contributed by atoms with E-state index >= 15 is 0 Å². The topological polar surface area (TPSA) is 68.1 Å². The SMILES string of the molecule is Cc1ccncc1CNCc1cc(F)cc([N+](=O)[O-])c1. The van der Waals surface area contributed by atoms with Crippen LogP contribution < -0.4 is 5.32 Å². The van der Waals surface area contributed by atoms with E-state index in [0.717, 1.165) is 17.2 Å². The van der Waals surface area contributed by atoms with Gasteiger partial charge in [-0.1, -0.05) is 0 Å². The first-order chi connectivity index (χ1) is 9.56. The van der Waals surface area contributed by atoms with Crippen LogP contribution in [0.5, 0.6) is 0 Å². The molecule has 0 radical (unpaired) electrons. The first-order valence-electron chi connectivity index (χ1n) is 6.10. The van der Waals surface area contributed by atoms with E-state index in [4.69, 9.17) is 0 Å². The van der Waals surface area contributed by atoms with Crippen LogP contribution in [-0.2, 0) is 13.1 Å². The number of aromatic nitrogens is 1. The van der Waals surface area contributed by atoms with Crippen LogP contribution in [0.1, 0.15) is 16.7 Å². The molecule has 0 spiro atoms. The molecule has 0 amide bonds. The van der Waals surface area contributed by atoms with Crippen molar-refractivity contribution in [3.63, 3.8) is 0 Å². The molecule has 2 rings (SSSR count). The van der Waals surface area contributed by atoms with Crippen LogP contribution in [0, 0.1) is 22.9 Å². The zero-order chi connectivity index (χ0) is 14.5. The van der Waals surface area contributed by atoms with Gasteiger partial charge in [-0.15, -0.1) is 0 Å². The van der Waals surface area contributed by atoms with E-state index in [9.17, 15) is 14.5 Å². The second kappa shape index (κ2) is 6.21. The minimum Gasteiger partial charge on any atom is -0.309 e. The van der Waals surface area contributed by atoms with Gasteiger partial charge in [0.15, 0.2) is 0 Å². The summed E-state index contributed by atoms with van der Waals surface area (Å²) in [5, 5.41) is 13.8. The van der Waals surface area contributed by atoms with E-state index in [1.54, 1.807) is 12.4 Å². The molecule has 20 heavy (non-hydrogen) atoms. The summed E-state index contributed by atoms with van der Waals surface area (Å²) in [6.07, 6.45) is 3.48. The quantitative estimate of drug-likeness (QED) is 0.673. The van der Waals surface area contributed by atoms with Gasteiger partial charge in [-0.2, -0.15) is 0 Å². The molecule has 0 atom stereocenters. The maximum Gasteiger partial charge on any atom is 0.272 e. The summed E-state index contributed by atoms with van der Waals surface area (Å²) in [4.78, 5) is 14.1. The Morgan fingerprint density at radius 3 is 2.85 bits per heavy atom. The van der Waals surface area contributed by atoms with Crippen LogP contribution in [0.2, 0.25) is 0 Å². The van der Waals surface area contributed by atoms with Crippen LogP contribution in [0.3, 0.4) is 0 Å². The maximum atomic E-state index is 13.3. The van der Waals surface area contributed by atoms with Gasteiger partial charge in [-0.05, 0) is 35.7 Å². The Hall–Kier alpha value is -2.34. The smallest absolute Gasteiger partial charge is 0.272 e. The Kier molecular flexibility index (Phi) is 4.37. The summed E-state index contributed by atoms with van der Waals surface area (Å²) in [7, 11) is 0. The van der Waals surface area contributed by atoms with E-state index in [0.29, 0.717) is 18.7 Å². The number of nitro benzene ring substituents is 1. The van der Waals surface area contributed by atoms with Gasteiger partial charge in [0.2, 0.25) is 0 Å². The summed E-state index contributed by atoms with van der Waals surface area (Å²) in [6.45, 7) is 2.91. The molecule has 5 nitrogen and oxygen atoms in total. The maximum absolute atomic E-state index is 13.3. The molecule has 0 bridgehead atoms. The molecule has 0 saturated heterocycles. The summed E-state index contributed by atoms with van der Waals surface area (Å²) >= 11 is 0. The lowest BCUT2D eigenvalue weighted by atomic mass is 10.1. The van der Waals surface area contributed by atoms with Gasteiger partial charge in [0.05, 0.1) is 11.0 Å². The van der Waals surface area contributed by atoms with E-state index < -0.39 is 10.7 Å².